The van der Waals surface area contributed by atoms with Crippen LogP contribution < -0.4 is 0 Å². The van der Waals surface area contributed by atoms with Crippen molar-refractivity contribution in [3.8, 4) is 0 Å². The number of rotatable bonds is 1. The van der Waals surface area contributed by atoms with Crippen LogP contribution in [0.2, 0.25) is 5.02 Å². The third-order valence-electron chi connectivity index (χ3n) is 2.13. The van der Waals surface area contributed by atoms with Crippen LogP contribution in [0.3, 0.4) is 0 Å². The van der Waals surface area contributed by atoms with Gasteiger partial charge in [0.05, 0.1) is 17.3 Å². The predicted octanol–water partition coefficient (Wildman–Crippen LogP) is 2.60. The van der Waals surface area contributed by atoms with Crippen LogP contribution in [0, 0.1) is 0 Å². The molecule has 2 heterocycles. The lowest BCUT2D eigenvalue weighted by Crippen LogP contribution is -2.15. The van der Waals surface area contributed by atoms with Gasteiger partial charge in [-0.05, 0) is 24.3 Å². The standard InChI is InChI=1S/C8H11ClN2S/c9-7-5-10-11(6-7)8-1-3-12-4-2-8/h5-6,8H,1-4H2. The molecule has 0 radical (unpaired) electrons. The van der Waals surface area contributed by atoms with E-state index in [1.54, 1.807) is 6.20 Å². The summed E-state index contributed by atoms with van der Waals surface area (Å²) in [6.45, 7) is 0. The zero-order valence-corrected chi connectivity index (χ0v) is 8.31. The van der Waals surface area contributed by atoms with Crippen LogP contribution in [0.5, 0.6) is 0 Å². The first-order valence-electron chi connectivity index (χ1n) is 4.13. The molecule has 1 fully saturated rings. The molecule has 66 valence electrons. The number of aromatic nitrogens is 2. The Hall–Kier alpha value is -0.150. The number of hydrogen-bond donors (Lipinski definition) is 0. The molecule has 0 spiro atoms. The van der Waals surface area contributed by atoms with Crippen molar-refractivity contribution < 1.29 is 0 Å². The first kappa shape index (κ1) is 8.45. The first-order chi connectivity index (χ1) is 5.86. The van der Waals surface area contributed by atoms with E-state index >= 15 is 0 Å². The Morgan fingerprint density at radius 1 is 1.50 bits per heavy atom. The first-order valence-corrected chi connectivity index (χ1v) is 5.67. The maximum absolute atomic E-state index is 5.79. The Morgan fingerprint density at radius 2 is 2.25 bits per heavy atom. The smallest absolute Gasteiger partial charge is 0.0785 e. The second-order valence-corrected chi connectivity index (χ2v) is 4.64. The van der Waals surface area contributed by atoms with E-state index in [0.717, 1.165) is 5.02 Å². The number of nitrogens with zero attached hydrogens (tertiary/aromatic N) is 2. The van der Waals surface area contributed by atoms with Crippen molar-refractivity contribution in [1.29, 1.82) is 0 Å². The monoisotopic (exact) mass is 202 g/mol. The highest BCUT2D eigenvalue weighted by molar-refractivity contribution is 7.99. The highest BCUT2D eigenvalue weighted by atomic mass is 35.5. The largest absolute Gasteiger partial charge is 0.268 e. The molecule has 0 aromatic carbocycles. The van der Waals surface area contributed by atoms with Crippen molar-refractivity contribution in [2.45, 2.75) is 18.9 Å². The minimum atomic E-state index is 0.582. The highest BCUT2D eigenvalue weighted by Gasteiger charge is 2.15. The summed E-state index contributed by atoms with van der Waals surface area (Å²) >= 11 is 7.82. The minimum Gasteiger partial charge on any atom is -0.268 e. The lowest BCUT2D eigenvalue weighted by molar-refractivity contribution is 0.427. The summed E-state index contributed by atoms with van der Waals surface area (Å²) in [6.07, 6.45) is 6.08. The van der Waals surface area contributed by atoms with E-state index in [9.17, 15) is 0 Å². The quantitative estimate of drug-likeness (QED) is 0.697. The average molecular weight is 203 g/mol. The molecule has 0 N–H and O–H groups in total. The topological polar surface area (TPSA) is 17.8 Å². The molecule has 1 aliphatic rings. The molecule has 0 atom stereocenters. The molecule has 0 bridgehead atoms. The van der Waals surface area contributed by atoms with Crippen LogP contribution >= 0.6 is 23.4 Å². The molecule has 1 aromatic heterocycles. The average Bonchev–Trinajstić information content (AvgIpc) is 2.54. The lowest BCUT2D eigenvalue weighted by Gasteiger charge is -2.21. The van der Waals surface area contributed by atoms with Gasteiger partial charge in [-0.25, -0.2) is 0 Å². The summed E-state index contributed by atoms with van der Waals surface area (Å²) in [5.41, 5.74) is 0. The second kappa shape index (κ2) is 3.71. The SMILES string of the molecule is Clc1cnn(C2CCSCC2)c1. The van der Waals surface area contributed by atoms with Crippen LogP contribution in [0.1, 0.15) is 18.9 Å². The lowest BCUT2D eigenvalue weighted by atomic mass is 10.2. The molecule has 12 heavy (non-hydrogen) atoms. The van der Waals surface area contributed by atoms with Gasteiger partial charge in [-0.1, -0.05) is 11.6 Å². The van der Waals surface area contributed by atoms with Crippen LogP contribution in [-0.4, -0.2) is 21.3 Å². The van der Waals surface area contributed by atoms with Gasteiger partial charge in [0.1, 0.15) is 0 Å². The molecule has 1 saturated heterocycles. The van der Waals surface area contributed by atoms with Crippen molar-refractivity contribution in [2.24, 2.45) is 0 Å². The van der Waals surface area contributed by atoms with Gasteiger partial charge in [-0.2, -0.15) is 16.9 Å². The predicted molar refractivity (Wildman–Crippen MR) is 52.8 cm³/mol. The van der Waals surface area contributed by atoms with Crippen LogP contribution in [-0.2, 0) is 0 Å². The Labute approximate surface area is 81.3 Å². The zero-order chi connectivity index (χ0) is 8.39. The normalized spacial score (nSPS) is 19.8. The van der Waals surface area contributed by atoms with Crippen LogP contribution in [0.25, 0.3) is 0 Å². The van der Waals surface area contributed by atoms with Crippen molar-refractivity contribution in [2.75, 3.05) is 11.5 Å². The third-order valence-corrected chi connectivity index (χ3v) is 3.38. The van der Waals surface area contributed by atoms with Gasteiger partial charge in [0, 0.05) is 6.20 Å². The molecule has 0 amide bonds. The van der Waals surface area contributed by atoms with Crippen LogP contribution in [0.15, 0.2) is 12.4 Å². The molecule has 2 nitrogen and oxygen atoms in total. The highest BCUT2D eigenvalue weighted by Crippen LogP contribution is 2.26. The van der Waals surface area contributed by atoms with Gasteiger partial charge >= 0.3 is 0 Å². The van der Waals surface area contributed by atoms with E-state index in [4.69, 9.17) is 11.6 Å². The van der Waals surface area contributed by atoms with E-state index in [-0.39, 0.29) is 0 Å². The van der Waals surface area contributed by atoms with Gasteiger partial charge in [-0.3, -0.25) is 4.68 Å². The van der Waals surface area contributed by atoms with Crippen molar-refractivity contribution in [3.05, 3.63) is 17.4 Å². The molecule has 0 unspecified atom stereocenters. The third kappa shape index (κ3) is 1.77. The summed E-state index contributed by atoms with van der Waals surface area (Å²) in [6, 6.07) is 0.582. The molecular formula is C8H11ClN2S. The molecule has 2 rings (SSSR count). The Bertz CT molecular complexity index is 255. The molecule has 1 aliphatic heterocycles. The van der Waals surface area contributed by atoms with Crippen molar-refractivity contribution in [1.82, 2.24) is 9.78 Å². The van der Waals surface area contributed by atoms with E-state index in [1.165, 1.54) is 24.3 Å². The molecule has 0 saturated carbocycles. The van der Waals surface area contributed by atoms with Gasteiger partial charge < -0.3 is 0 Å². The Morgan fingerprint density at radius 3 is 2.83 bits per heavy atom. The van der Waals surface area contributed by atoms with E-state index in [1.807, 2.05) is 22.6 Å². The second-order valence-electron chi connectivity index (χ2n) is 2.98. The Balaban J connectivity index is 2.08. The van der Waals surface area contributed by atoms with Gasteiger partial charge in [0.2, 0.25) is 0 Å². The van der Waals surface area contributed by atoms with Crippen molar-refractivity contribution >= 4 is 23.4 Å². The maximum atomic E-state index is 5.79. The minimum absolute atomic E-state index is 0.582. The molecule has 0 aliphatic carbocycles. The maximum Gasteiger partial charge on any atom is 0.0785 e. The Kier molecular flexibility index (Phi) is 2.61. The number of halogens is 1. The fraction of sp³-hybridized carbons (Fsp3) is 0.625. The summed E-state index contributed by atoms with van der Waals surface area (Å²) in [7, 11) is 0. The zero-order valence-electron chi connectivity index (χ0n) is 6.74. The van der Waals surface area contributed by atoms with Gasteiger partial charge in [-0.15, -0.1) is 0 Å². The van der Waals surface area contributed by atoms with Crippen molar-refractivity contribution in [3.63, 3.8) is 0 Å². The summed E-state index contributed by atoms with van der Waals surface area (Å²) in [5.74, 6) is 2.50. The van der Waals surface area contributed by atoms with E-state index in [0.29, 0.717) is 6.04 Å². The fourth-order valence-corrected chi connectivity index (χ4v) is 2.69. The summed E-state index contributed by atoms with van der Waals surface area (Å²) < 4.78 is 2.00. The molecule has 1 aromatic rings. The summed E-state index contributed by atoms with van der Waals surface area (Å²) in [4.78, 5) is 0. The molecule has 4 heteroatoms. The summed E-state index contributed by atoms with van der Waals surface area (Å²) in [5, 5.41) is 4.96. The van der Waals surface area contributed by atoms with Gasteiger partial charge in [0.15, 0.2) is 0 Å². The van der Waals surface area contributed by atoms with E-state index < -0.39 is 0 Å². The van der Waals surface area contributed by atoms with E-state index in [2.05, 4.69) is 5.10 Å². The number of hydrogen-bond acceptors (Lipinski definition) is 2. The van der Waals surface area contributed by atoms with Crippen LogP contribution in [0.4, 0.5) is 0 Å². The van der Waals surface area contributed by atoms with Gasteiger partial charge in [0.25, 0.3) is 0 Å². The number of thioether (sulfide) groups is 1. The molecular weight excluding hydrogens is 192 g/mol. The fourth-order valence-electron chi connectivity index (χ4n) is 1.46.